The zero-order valence-corrected chi connectivity index (χ0v) is 9.52. The summed E-state index contributed by atoms with van der Waals surface area (Å²) in [5.74, 6) is 5.28. The smallest absolute Gasteiger partial charge is 0.323 e. The Morgan fingerprint density at radius 3 is 2.65 bits per heavy atom. The topological polar surface area (TPSA) is 89.2 Å². The summed E-state index contributed by atoms with van der Waals surface area (Å²) in [5.41, 5.74) is 2.22. The number of anilines is 2. The molecule has 0 bridgehead atoms. The van der Waals surface area contributed by atoms with Crippen LogP contribution in [0.15, 0.2) is 0 Å². The number of nitrogens with two attached hydrogens (primary N) is 1. The first-order chi connectivity index (χ1) is 8.06. The summed E-state index contributed by atoms with van der Waals surface area (Å²) in [5, 5.41) is 0. The SMILES string of the molecule is CCOc1nc(NN)nc(N(C)CC(F)F)n1. The van der Waals surface area contributed by atoms with Crippen LogP contribution in [0, 0.1) is 0 Å². The lowest BCUT2D eigenvalue weighted by molar-refractivity contribution is 0.156. The average Bonchev–Trinajstić information content (AvgIpc) is 2.28. The van der Waals surface area contributed by atoms with Crippen LogP contribution >= 0.6 is 0 Å². The summed E-state index contributed by atoms with van der Waals surface area (Å²) in [6.07, 6.45) is -2.48. The third-order valence-electron chi connectivity index (χ3n) is 1.76. The molecule has 0 spiro atoms. The van der Waals surface area contributed by atoms with Gasteiger partial charge in [-0.15, -0.1) is 0 Å². The van der Waals surface area contributed by atoms with Crippen molar-refractivity contribution in [2.75, 3.05) is 30.5 Å². The molecule has 0 aromatic carbocycles. The zero-order valence-electron chi connectivity index (χ0n) is 9.52. The maximum atomic E-state index is 12.2. The summed E-state index contributed by atoms with van der Waals surface area (Å²) in [6, 6.07) is 0.0339. The second kappa shape index (κ2) is 6.09. The Balaban J connectivity index is 2.93. The average molecular weight is 248 g/mol. The molecule has 0 unspecified atom stereocenters. The minimum atomic E-state index is -2.48. The number of hydrazine groups is 1. The van der Waals surface area contributed by atoms with Crippen molar-refractivity contribution in [1.29, 1.82) is 0 Å². The number of hydrogen-bond acceptors (Lipinski definition) is 7. The third kappa shape index (κ3) is 3.94. The summed E-state index contributed by atoms with van der Waals surface area (Å²) < 4.78 is 29.5. The van der Waals surface area contributed by atoms with E-state index in [1.165, 1.54) is 11.9 Å². The van der Waals surface area contributed by atoms with Gasteiger partial charge in [0, 0.05) is 7.05 Å². The lowest BCUT2D eigenvalue weighted by atomic mass is 10.6. The largest absolute Gasteiger partial charge is 0.464 e. The molecule has 0 saturated heterocycles. The Morgan fingerprint density at radius 2 is 2.12 bits per heavy atom. The molecule has 7 nitrogen and oxygen atoms in total. The summed E-state index contributed by atoms with van der Waals surface area (Å²) >= 11 is 0. The fourth-order valence-corrected chi connectivity index (χ4v) is 1.06. The molecule has 1 aromatic heterocycles. The second-order valence-corrected chi connectivity index (χ2v) is 3.09. The highest BCUT2D eigenvalue weighted by molar-refractivity contribution is 5.36. The van der Waals surface area contributed by atoms with Crippen molar-refractivity contribution in [3.63, 3.8) is 0 Å². The van der Waals surface area contributed by atoms with Crippen molar-refractivity contribution in [1.82, 2.24) is 15.0 Å². The second-order valence-electron chi connectivity index (χ2n) is 3.09. The highest BCUT2D eigenvalue weighted by Gasteiger charge is 2.14. The monoisotopic (exact) mass is 248 g/mol. The van der Waals surface area contributed by atoms with Crippen LogP contribution in [-0.2, 0) is 0 Å². The number of nitrogens with one attached hydrogen (secondary N) is 1. The zero-order chi connectivity index (χ0) is 12.8. The summed E-state index contributed by atoms with van der Waals surface area (Å²) in [7, 11) is 1.44. The third-order valence-corrected chi connectivity index (χ3v) is 1.76. The van der Waals surface area contributed by atoms with Crippen molar-refractivity contribution in [3.8, 4) is 6.01 Å². The van der Waals surface area contributed by atoms with Crippen LogP contribution in [-0.4, -0.2) is 41.6 Å². The molecular formula is C8H14F2N6O. The minimum absolute atomic E-state index is 0.0339. The molecule has 0 atom stereocenters. The van der Waals surface area contributed by atoms with Crippen LogP contribution in [0.4, 0.5) is 20.7 Å². The van der Waals surface area contributed by atoms with Crippen LogP contribution in [0.3, 0.4) is 0 Å². The fraction of sp³-hybridized carbons (Fsp3) is 0.625. The molecule has 0 aliphatic heterocycles. The number of alkyl halides is 2. The van der Waals surface area contributed by atoms with Gasteiger partial charge in [-0.3, -0.25) is 5.43 Å². The first-order valence-corrected chi connectivity index (χ1v) is 4.91. The summed E-state index contributed by atoms with van der Waals surface area (Å²) in [6.45, 7) is 1.62. The lowest BCUT2D eigenvalue weighted by Gasteiger charge is -2.17. The molecule has 96 valence electrons. The lowest BCUT2D eigenvalue weighted by Crippen LogP contribution is -2.27. The van der Waals surface area contributed by atoms with Gasteiger partial charge in [0.2, 0.25) is 11.9 Å². The number of hydrogen-bond donors (Lipinski definition) is 2. The minimum Gasteiger partial charge on any atom is -0.464 e. The van der Waals surface area contributed by atoms with Crippen LogP contribution in [0.25, 0.3) is 0 Å². The number of nitrogens with zero attached hydrogens (tertiary/aromatic N) is 4. The van der Waals surface area contributed by atoms with Gasteiger partial charge in [-0.1, -0.05) is 0 Å². The van der Waals surface area contributed by atoms with Gasteiger partial charge in [-0.25, -0.2) is 14.6 Å². The number of aromatic nitrogens is 3. The Labute approximate surface area is 97.0 Å². The van der Waals surface area contributed by atoms with E-state index in [-0.39, 0.29) is 17.9 Å². The standard InChI is InChI=1S/C8H14F2N6O/c1-3-17-8-13-6(15-11)12-7(14-8)16(2)4-5(9)10/h5H,3-4,11H2,1-2H3,(H,12,13,14,15). The van der Waals surface area contributed by atoms with Gasteiger partial charge in [-0.2, -0.15) is 15.0 Å². The maximum Gasteiger partial charge on any atom is 0.323 e. The van der Waals surface area contributed by atoms with Gasteiger partial charge in [0.1, 0.15) is 0 Å². The molecule has 0 fully saturated rings. The van der Waals surface area contributed by atoms with Crippen LogP contribution in [0.1, 0.15) is 6.92 Å². The van der Waals surface area contributed by atoms with E-state index in [1.807, 2.05) is 0 Å². The van der Waals surface area contributed by atoms with E-state index in [4.69, 9.17) is 10.6 Å². The van der Waals surface area contributed by atoms with Crippen molar-refractivity contribution in [3.05, 3.63) is 0 Å². The van der Waals surface area contributed by atoms with E-state index in [2.05, 4.69) is 20.4 Å². The molecule has 0 aliphatic rings. The van der Waals surface area contributed by atoms with E-state index in [0.717, 1.165) is 0 Å². The normalized spacial score (nSPS) is 10.5. The van der Waals surface area contributed by atoms with Gasteiger partial charge in [-0.05, 0) is 6.92 Å². The van der Waals surface area contributed by atoms with Crippen molar-refractivity contribution >= 4 is 11.9 Å². The molecule has 3 N–H and O–H groups in total. The molecule has 0 saturated carbocycles. The predicted molar refractivity (Wildman–Crippen MR) is 58.1 cm³/mol. The van der Waals surface area contributed by atoms with Gasteiger partial charge in [0.05, 0.1) is 13.2 Å². The number of halogens is 2. The highest BCUT2D eigenvalue weighted by atomic mass is 19.3. The molecule has 1 rings (SSSR count). The molecule has 0 radical (unpaired) electrons. The van der Waals surface area contributed by atoms with Gasteiger partial charge < -0.3 is 9.64 Å². The highest BCUT2D eigenvalue weighted by Crippen LogP contribution is 2.14. The van der Waals surface area contributed by atoms with E-state index < -0.39 is 13.0 Å². The molecule has 17 heavy (non-hydrogen) atoms. The summed E-state index contributed by atoms with van der Waals surface area (Å²) in [4.78, 5) is 12.7. The van der Waals surface area contributed by atoms with Crippen molar-refractivity contribution in [2.45, 2.75) is 13.3 Å². The van der Waals surface area contributed by atoms with Gasteiger partial charge >= 0.3 is 6.01 Å². The molecule has 9 heteroatoms. The molecule has 1 aromatic rings. The first-order valence-electron chi connectivity index (χ1n) is 4.91. The first kappa shape index (κ1) is 13.3. The Morgan fingerprint density at radius 1 is 1.41 bits per heavy atom. The molecule has 0 amide bonds. The Kier molecular flexibility index (Phi) is 4.76. The van der Waals surface area contributed by atoms with E-state index in [1.54, 1.807) is 6.92 Å². The van der Waals surface area contributed by atoms with E-state index in [0.29, 0.717) is 6.61 Å². The molecule has 1 heterocycles. The van der Waals surface area contributed by atoms with Crippen LogP contribution in [0.5, 0.6) is 6.01 Å². The fourth-order valence-electron chi connectivity index (χ4n) is 1.06. The van der Waals surface area contributed by atoms with Crippen molar-refractivity contribution < 1.29 is 13.5 Å². The number of nitrogen functional groups attached to an aromatic ring is 1. The van der Waals surface area contributed by atoms with E-state index in [9.17, 15) is 8.78 Å². The van der Waals surface area contributed by atoms with Gasteiger partial charge in [0.15, 0.2) is 0 Å². The Bertz CT molecular complexity index is 364. The maximum absolute atomic E-state index is 12.2. The van der Waals surface area contributed by atoms with Crippen molar-refractivity contribution in [2.24, 2.45) is 5.84 Å². The molecule has 0 aliphatic carbocycles. The number of rotatable bonds is 6. The molecular weight excluding hydrogens is 234 g/mol. The van der Waals surface area contributed by atoms with Crippen LogP contribution < -0.4 is 20.9 Å². The van der Waals surface area contributed by atoms with E-state index >= 15 is 0 Å². The Hall–Kier alpha value is -1.77. The van der Waals surface area contributed by atoms with Crippen LogP contribution in [0.2, 0.25) is 0 Å². The van der Waals surface area contributed by atoms with Gasteiger partial charge in [0.25, 0.3) is 6.43 Å². The number of ether oxygens (including phenoxy) is 1. The quantitative estimate of drug-likeness (QED) is 0.551. The predicted octanol–water partition coefficient (Wildman–Crippen LogP) is 0.257.